The summed E-state index contributed by atoms with van der Waals surface area (Å²) in [7, 11) is 0. The Bertz CT molecular complexity index is 1310. The molecule has 26 heteroatoms. The molecule has 1 aliphatic rings. The molecule has 0 N–H and O–H groups in total. The van der Waals surface area contributed by atoms with Gasteiger partial charge in [0.1, 0.15) is 13.2 Å². The maximum Gasteiger partial charge on any atom is 0.460 e. The largest absolute Gasteiger partial charge is 0.462 e. The molecule has 1 fully saturated rings. The summed E-state index contributed by atoms with van der Waals surface area (Å²) >= 11 is 0. The van der Waals surface area contributed by atoms with E-state index in [1.165, 1.54) is 0 Å². The summed E-state index contributed by atoms with van der Waals surface area (Å²) in [6.45, 7) is -3.69. The van der Waals surface area contributed by atoms with Gasteiger partial charge in [0, 0.05) is 5.57 Å². The smallest absolute Gasteiger partial charge is 0.460 e. The summed E-state index contributed by atoms with van der Waals surface area (Å²) in [4.78, 5) is 48.9. The molecular weight excluding hydrogens is 770 g/mol. The molecule has 0 heterocycles. The van der Waals surface area contributed by atoms with Crippen LogP contribution >= 0.6 is 0 Å². The van der Waals surface area contributed by atoms with Crippen LogP contribution in [0, 0.1) is 17.8 Å². The lowest BCUT2D eigenvalue weighted by atomic mass is 9.74. The predicted octanol–water partition coefficient (Wildman–Crippen LogP) is 6.70. The Hall–Kier alpha value is -3.64. The molecule has 3 atom stereocenters. The lowest BCUT2D eigenvalue weighted by Crippen LogP contribution is -2.62. The van der Waals surface area contributed by atoms with E-state index in [2.05, 4.69) is 25.5 Å². The number of hydrogen-bond donors (Lipinski definition) is 0. The molecule has 0 aliphatic heterocycles. The zero-order valence-electron chi connectivity index (χ0n) is 25.0. The van der Waals surface area contributed by atoms with E-state index in [1.54, 1.807) is 0 Å². The fourth-order valence-corrected chi connectivity index (χ4v) is 3.98. The van der Waals surface area contributed by atoms with E-state index >= 15 is 0 Å². The average Bonchev–Trinajstić information content (AvgIpc) is 2.98. The van der Waals surface area contributed by atoms with Crippen molar-refractivity contribution < 1.29 is 117 Å². The van der Waals surface area contributed by atoms with Gasteiger partial charge in [0.05, 0.1) is 17.8 Å². The topological polar surface area (TPSA) is 105 Å². The molecule has 1 rings (SSSR count). The molecule has 0 bridgehead atoms. The molecule has 51 heavy (non-hydrogen) atoms. The van der Waals surface area contributed by atoms with E-state index in [0.717, 1.165) is 6.92 Å². The Morgan fingerprint density at radius 1 is 0.529 bits per heavy atom. The van der Waals surface area contributed by atoms with Crippen LogP contribution in [0.4, 0.5) is 79.0 Å². The van der Waals surface area contributed by atoms with Gasteiger partial charge in [-0.1, -0.05) is 6.58 Å². The second-order valence-corrected chi connectivity index (χ2v) is 10.7. The fourth-order valence-electron chi connectivity index (χ4n) is 3.98. The fraction of sp³-hybridized carbons (Fsp3) is 0.760. The van der Waals surface area contributed by atoms with Crippen LogP contribution in [0.15, 0.2) is 12.2 Å². The van der Waals surface area contributed by atoms with Crippen molar-refractivity contribution in [1.82, 2.24) is 0 Å². The van der Waals surface area contributed by atoms with Gasteiger partial charge in [0.25, 0.3) is 0 Å². The van der Waals surface area contributed by atoms with Gasteiger partial charge < -0.3 is 18.9 Å². The third-order valence-corrected chi connectivity index (χ3v) is 6.91. The van der Waals surface area contributed by atoms with E-state index in [1.807, 2.05) is 0 Å². The van der Waals surface area contributed by atoms with Gasteiger partial charge in [-0.25, -0.2) is 4.79 Å². The molecule has 0 aromatic carbocycles. The van der Waals surface area contributed by atoms with Gasteiger partial charge in [-0.2, -0.15) is 79.0 Å². The van der Waals surface area contributed by atoms with Gasteiger partial charge in [0.15, 0.2) is 13.2 Å². The predicted molar refractivity (Wildman–Crippen MR) is 125 cm³/mol. The van der Waals surface area contributed by atoms with Crippen LogP contribution in [-0.2, 0) is 38.1 Å². The maximum absolute atomic E-state index is 13.9. The Labute approximate surface area is 272 Å². The van der Waals surface area contributed by atoms with Crippen molar-refractivity contribution in [1.29, 1.82) is 0 Å². The Kier molecular flexibility index (Phi) is 13.5. The zero-order valence-corrected chi connectivity index (χ0v) is 25.0. The molecule has 0 aromatic heterocycles. The first kappa shape index (κ1) is 45.4. The summed E-state index contributed by atoms with van der Waals surface area (Å²) in [6, 6.07) is 0. The highest BCUT2D eigenvalue weighted by atomic mass is 19.4. The number of alkyl halides is 18. The third-order valence-electron chi connectivity index (χ3n) is 6.91. The minimum Gasteiger partial charge on any atom is -0.462 e. The number of carbonyl (C=O) groups excluding carboxylic acids is 4. The van der Waals surface area contributed by atoms with Crippen molar-refractivity contribution in [3.8, 4) is 0 Å². The van der Waals surface area contributed by atoms with Crippen LogP contribution in [0.1, 0.15) is 26.2 Å². The monoisotopic (exact) mass is 792 g/mol. The standard InChI is InChI=1S/C25H22F18O8/c1-10(2)14(44)48-5-6-49-17(47)13-7-11(15(45)50-8-18(26,27)20(30,31)22(34,35)24(38,39)40)3-4-12(13)16(46)51-9-19(28,29)21(32,33)23(36,37)25(41,42)43/h11-13H,1,3-9H2,2H3. The molecule has 0 radical (unpaired) electrons. The van der Waals surface area contributed by atoms with E-state index in [0.29, 0.717) is 0 Å². The van der Waals surface area contributed by atoms with Crippen LogP contribution in [0.5, 0.6) is 0 Å². The first-order chi connectivity index (χ1) is 22.6. The highest BCUT2D eigenvalue weighted by Crippen LogP contribution is 2.54. The normalized spacial score (nSPS) is 19.9. The second kappa shape index (κ2) is 15.1. The molecule has 0 saturated heterocycles. The van der Waals surface area contributed by atoms with Gasteiger partial charge in [0.2, 0.25) is 0 Å². The van der Waals surface area contributed by atoms with Crippen LogP contribution in [0.2, 0.25) is 0 Å². The van der Waals surface area contributed by atoms with Crippen molar-refractivity contribution in [3.05, 3.63) is 12.2 Å². The summed E-state index contributed by atoms with van der Waals surface area (Å²) in [5.41, 5.74) is -0.182. The molecule has 0 amide bonds. The highest BCUT2D eigenvalue weighted by molar-refractivity contribution is 5.87. The average molecular weight is 792 g/mol. The van der Waals surface area contributed by atoms with Crippen LogP contribution in [-0.4, -0.2) is 98.2 Å². The molecule has 296 valence electrons. The molecule has 0 aromatic rings. The molecule has 3 unspecified atom stereocenters. The number of rotatable bonds is 15. The molecular formula is C25H22F18O8. The van der Waals surface area contributed by atoms with Crippen molar-refractivity contribution in [2.24, 2.45) is 17.8 Å². The van der Waals surface area contributed by atoms with E-state index in [-0.39, 0.29) is 5.57 Å². The summed E-state index contributed by atoms with van der Waals surface area (Å²) in [5, 5.41) is 0. The summed E-state index contributed by atoms with van der Waals surface area (Å²) < 4.78 is 252. The highest BCUT2D eigenvalue weighted by Gasteiger charge is 2.83. The lowest BCUT2D eigenvalue weighted by Gasteiger charge is -2.35. The van der Waals surface area contributed by atoms with Gasteiger partial charge in [-0.05, 0) is 26.2 Å². The van der Waals surface area contributed by atoms with Gasteiger partial charge in [-0.15, -0.1) is 0 Å². The first-order valence-electron chi connectivity index (χ1n) is 13.3. The SMILES string of the molecule is C=C(C)C(=O)OCCOC(=O)C1CC(C(=O)OCC(F)(F)C(F)(F)C(F)(F)C(F)(F)F)CCC1C(=O)OCC(F)(F)C(F)(F)C(F)(F)C(F)(F)F. The van der Waals surface area contributed by atoms with E-state index in [9.17, 15) is 98.2 Å². The zero-order chi connectivity index (χ0) is 40.4. The summed E-state index contributed by atoms with van der Waals surface area (Å²) in [5.74, 6) is -55.8. The Morgan fingerprint density at radius 3 is 1.29 bits per heavy atom. The molecule has 1 saturated carbocycles. The van der Waals surface area contributed by atoms with Crippen LogP contribution in [0.3, 0.4) is 0 Å². The minimum atomic E-state index is -7.39. The van der Waals surface area contributed by atoms with Crippen molar-refractivity contribution in [2.75, 3.05) is 26.4 Å². The quantitative estimate of drug-likeness (QED) is 0.0594. The molecule has 0 spiro atoms. The first-order valence-corrected chi connectivity index (χ1v) is 13.3. The second-order valence-electron chi connectivity index (χ2n) is 10.7. The Morgan fingerprint density at radius 2 is 0.902 bits per heavy atom. The number of ether oxygens (including phenoxy) is 4. The van der Waals surface area contributed by atoms with Crippen LogP contribution in [0.25, 0.3) is 0 Å². The van der Waals surface area contributed by atoms with E-state index < -0.39 is 135 Å². The molecule has 1 aliphatic carbocycles. The summed E-state index contributed by atoms with van der Waals surface area (Å²) in [6.07, 6.45) is -17.8. The number of hydrogen-bond acceptors (Lipinski definition) is 8. The number of esters is 4. The molecule has 8 nitrogen and oxygen atoms in total. The third kappa shape index (κ3) is 9.43. The van der Waals surface area contributed by atoms with Crippen molar-refractivity contribution in [2.45, 2.75) is 74.1 Å². The number of halogens is 18. The maximum atomic E-state index is 13.9. The number of carbonyl (C=O) groups is 4. The van der Waals surface area contributed by atoms with E-state index in [4.69, 9.17) is 0 Å². The minimum absolute atomic E-state index is 0.182. The Balaban J connectivity index is 3.23. The lowest BCUT2D eigenvalue weighted by molar-refractivity contribution is -0.399. The van der Waals surface area contributed by atoms with Crippen molar-refractivity contribution in [3.63, 3.8) is 0 Å². The van der Waals surface area contributed by atoms with Gasteiger partial charge >= 0.3 is 71.8 Å². The van der Waals surface area contributed by atoms with Crippen LogP contribution < -0.4 is 0 Å². The van der Waals surface area contributed by atoms with Gasteiger partial charge in [-0.3, -0.25) is 14.4 Å². The van der Waals surface area contributed by atoms with Crippen molar-refractivity contribution >= 4 is 23.9 Å².